The highest BCUT2D eigenvalue weighted by atomic mass is 35.5. The van der Waals surface area contributed by atoms with Crippen molar-refractivity contribution in [3.05, 3.63) is 93.2 Å². The van der Waals surface area contributed by atoms with Crippen molar-refractivity contribution in [2.24, 2.45) is 4.99 Å². The number of hydrogen-bond donors (Lipinski definition) is 0. The van der Waals surface area contributed by atoms with Crippen LogP contribution in [-0.2, 0) is 0 Å². The van der Waals surface area contributed by atoms with Gasteiger partial charge < -0.3 is 4.42 Å². The van der Waals surface area contributed by atoms with Gasteiger partial charge >= 0.3 is 0 Å². The molecule has 4 aromatic rings. The number of halogens is 3. The zero-order valence-corrected chi connectivity index (χ0v) is 15.7. The van der Waals surface area contributed by atoms with Crippen LogP contribution in [0.5, 0.6) is 0 Å². The van der Waals surface area contributed by atoms with Gasteiger partial charge in [0.25, 0.3) is 0 Å². The van der Waals surface area contributed by atoms with Crippen LogP contribution in [0, 0.1) is 0 Å². The highest BCUT2D eigenvalue weighted by molar-refractivity contribution is 6.36. The molecule has 1 heterocycles. The third kappa shape index (κ3) is 3.49. The minimum absolute atomic E-state index is 0.496. The first kappa shape index (κ1) is 17.2. The summed E-state index contributed by atoms with van der Waals surface area (Å²) < 4.78 is 6.06. The molecular formula is C21H12Cl3NO. The summed E-state index contributed by atoms with van der Waals surface area (Å²) in [4.78, 5) is 4.74. The zero-order chi connectivity index (χ0) is 18.1. The van der Waals surface area contributed by atoms with E-state index in [-0.39, 0.29) is 0 Å². The first-order valence-electron chi connectivity index (χ1n) is 7.89. The summed E-state index contributed by atoms with van der Waals surface area (Å²) in [6.07, 6.45) is 0. The van der Waals surface area contributed by atoms with Crippen LogP contribution in [0.2, 0.25) is 15.1 Å². The Morgan fingerprint density at radius 1 is 0.731 bits per heavy atom. The molecule has 1 aromatic heterocycles. The van der Waals surface area contributed by atoms with E-state index >= 15 is 0 Å². The summed E-state index contributed by atoms with van der Waals surface area (Å²) in [7, 11) is 0. The van der Waals surface area contributed by atoms with Gasteiger partial charge in [0.2, 0.25) is 0 Å². The highest BCUT2D eigenvalue weighted by Gasteiger charge is 2.07. The number of benzene rings is 3. The molecule has 0 spiro atoms. The fourth-order valence-electron chi connectivity index (χ4n) is 2.67. The molecule has 0 aliphatic carbocycles. The maximum atomic E-state index is 6.29. The second kappa shape index (κ2) is 7.16. The lowest BCUT2D eigenvalue weighted by Gasteiger charge is -2.06. The van der Waals surface area contributed by atoms with E-state index in [1.165, 1.54) is 0 Å². The number of fused-ring (bicyclic) bond motifs is 1. The van der Waals surface area contributed by atoms with E-state index in [0.717, 1.165) is 21.9 Å². The van der Waals surface area contributed by atoms with Crippen molar-refractivity contribution in [1.29, 1.82) is 0 Å². The monoisotopic (exact) mass is 399 g/mol. The molecule has 0 bridgehead atoms. The largest absolute Gasteiger partial charge is 0.456 e. The molecule has 26 heavy (non-hydrogen) atoms. The molecule has 0 N–H and O–H groups in total. The molecule has 0 fully saturated rings. The van der Waals surface area contributed by atoms with Crippen LogP contribution in [0.4, 0.5) is 5.69 Å². The fraction of sp³-hybridized carbons (Fsp3) is 0. The van der Waals surface area contributed by atoms with E-state index in [1.807, 2.05) is 54.6 Å². The Bertz CT molecular complexity index is 1160. The number of hydrogen-bond acceptors (Lipinski definition) is 2. The number of para-hydroxylation sites is 1. The lowest BCUT2D eigenvalue weighted by molar-refractivity contribution is 0.618. The summed E-state index contributed by atoms with van der Waals surface area (Å²) in [5.41, 5.74) is 2.30. The van der Waals surface area contributed by atoms with E-state index in [2.05, 4.69) is 0 Å². The topological polar surface area (TPSA) is 25.5 Å². The van der Waals surface area contributed by atoms with Gasteiger partial charge in [-0.15, -0.1) is 0 Å². The number of nitrogens with zero attached hydrogens (tertiary/aromatic N) is 1. The highest BCUT2D eigenvalue weighted by Crippen LogP contribution is 2.28. The molecular weight excluding hydrogens is 389 g/mol. The molecule has 3 aromatic carbocycles. The lowest BCUT2D eigenvalue weighted by Crippen LogP contribution is -2.03. The fourth-order valence-corrected chi connectivity index (χ4v) is 3.24. The summed E-state index contributed by atoms with van der Waals surface area (Å²) in [5, 5.41) is 3.41. The van der Waals surface area contributed by atoms with Gasteiger partial charge in [-0.2, -0.15) is 0 Å². The van der Waals surface area contributed by atoms with Gasteiger partial charge in [0.1, 0.15) is 11.3 Å². The number of rotatable bonds is 2. The van der Waals surface area contributed by atoms with Crippen molar-refractivity contribution >= 4 is 51.5 Å². The Balaban J connectivity index is 1.98. The van der Waals surface area contributed by atoms with E-state index in [1.54, 1.807) is 18.2 Å². The Labute approximate surface area is 165 Å². The summed E-state index contributed by atoms with van der Waals surface area (Å²) >= 11 is 18.3. The molecule has 5 heteroatoms. The van der Waals surface area contributed by atoms with Crippen LogP contribution in [0.25, 0.3) is 22.3 Å². The normalized spacial score (nSPS) is 11.9. The van der Waals surface area contributed by atoms with Crippen LogP contribution in [0.15, 0.2) is 82.2 Å². The Kier molecular flexibility index (Phi) is 4.73. The minimum atomic E-state index is 0.496. The molecule has 0 aliphatic rings. The molecule has 0 radical (unpaired) electrons. The van der Waals surface area contributed by atoms with Crippen LogP contribution in [0.3, 0.4) is 0 Å². The standard InChI is InChI=1S/C21H12Cl3NO/c22-14-7-5-13(6-8-14)21-12-19(16-3-1-2-4-20(16)26-21)25-18-10-9-15(23)11-17(18)24/h1-12H. The predicted molar refractivity (Wildman–Crippen MR) is 108 cm³/mol. The second-order valence-corrected chi connectivity index (χ2v) is 6.99. The summed E-state index contributed by atoms with van der Waals surface area (Å²) in [5.74, 6) is 0.698. The van der Waals surface area contributed by atoms with Gasteiger partial charge in [-0.05, 0) is 54.6 Å². The Morgan fingerprint density at radius 2 is 1.46 bits per heavy atom. The third-order valence-electron chi connectivity index (χ3n) is 3.93. The first-order valence-corrected chi connectivity index (χ1v) is 9.02. The van der Waals surface area contributed by atoms with E-state index < -0.39 is 0 Å². The van der Waals surface area contributed by atoms with Gasteiger partial charge in [0.05, 0.1) is 16.1 Å². The van der Waals surface area contributed by atoms with Crippen LogP contribution < -0.4 is 5.36 Å². The van der Waals surface area contributed by atoms with Crippen molar-refractivity contribution in [2.75, 3.05) is 0 Å². The van der Waals surface area contributed by atoms with Crippen molar-refractivity contribution < 1.29 is 4.42 Å². The molecule has 128 valence electrons. The van der Waals surface area contributed by atoms with Crippen LogP contribution in [-0.4, -0.2) is 0 Å². The Morgan fingerprint density at radius 3 is 2.23 bits per heavy atom. The summed E-state index contributed by atoms with van der Waals surface area (Å²) in [6, 6.07) is 22.4. The second-order valence-electron chi connectivity index (χ2n) is 5.71. The zero-order valence-electron chi connectivity index (χ0n) is 13.4. The minimum Gasteiger partial charge on any atom is -0.456 e. The van der Waals surface area contributed by atoms with Gasteiger partial charge in [-0.1, -0.05) is 46.9 Å². The van der Waals surface area contributed by atoms with Crippen molar-refractivity contribution in [3.8, 4) is 11.3 Å². The van der Waals surface area contributed by atoms with E-state index in [4.69, 9.17) is 44.2 Å². The van der Waals surface area contributed by atoms with E-state index in [0.29, 0.717) is 26.5 Å². The SMILES string of the molecule is Clc1ccc(-c2cc(=Nc3ccc(Cl)cc3Cl)c3ccccc3o2)cc1. The average Bonchev–Trinajstić information content (AvgIpc) is 2.64. The molecule has 2 nitrogen and oxygen atoms in total. The molecule has 0 unspecified atom stereocenters. The maximum Gasteiger partial charge on any atom is 0.136 e. The maximum absolute atomic E-state index is 6.29. The molecule has 0 atom stereocenters. The van der Waals surface area contributed by atoms with E-state index in [9.17, 15) is 0 Å². The van der Waals surface area contributed by atoms with Crippen LogP contribution in [0.1, 0.15) is 0 Å². The van der Waals surface area contributed by atoms with Crippen LogP contribution >= 0.6 is 34.8 Å². The smallest absolute Gasteiger partial charge is 0.136 e. The molecule has 0 aliphatic heterocycles. The first-order chi connectivity index (χ1) is 12.6. The van der Waals surface area contributed by atoms with Gasteiger partial charge in [-0.25, -0.2) is 4.99 Å². The lowest BCUT2D eigenvalue weighted by atomic mass is 10.1. The van der Waals surface area contributed by atoms with Gasteiger partial charge in [-0.3, -0.25) is 0 Å². The van der Waals surface area contributed by atoms with Crippen molar-refractivity contribution in [1.82, 2.24) is 0 Å². The Hall–Kier alpha value is -2.26. The summed E-state index contributed by atoms with van der Waals surface area (Å²) in [6.45, 7) is 0. The molecule has 0 saturated carbocycles. The predicted octanol–water partition coefficient (Wildman–Crippen LogP) is 7.29. The van der Waals surface area contributed by atoms with Crippen molar-refractivity contribution in [2.45, 2.75) is 0 Å². The molecule has 4 rings (SSSR count). The van der Waals surface area contributed by atoms with Gasteiger partial charge in [0.15, 0.2) is 0 Å². The molecule has 0 amide bonds. The molecule has 0 saturated heterocycles. The van der Waals surface area contributed by atoms with Crippen molar-refractivity contribution in [3.63, 3.8) is 0 Å². The third-order valence-corrected chi connectivity index (χ3v) is 4.72. The van der Waals surface area contributed by atoms with Gasteiger partial charge in [0, 0.05) is 27.1 Å². The average molecular weight is 401 g/mol. The quantitative estimate of drug-likeness (QED) is 0.347.